The van der Waals surface area contributed by atoms with Crippen molar-refractivity contribution in [2.45, 2.75) is 38.5 Å². The molecular weight excluding hydrogens is 262 g/mol. The zero-order valence-corrected chi connectivity index (χ0v) is 12.8. The molecule has 0 atom stereocenters. The Balaban J connectivity index is 1.55. The molecule has 1 heterocycles. The molecule has 4 heteroatoms. The van der Waals surface area contributed by atoms with Crippen LogP contribution >= 0.6 is 0 Å². The van der Waals surface area contributed by atoms with Crippen LogP contribution in [0.2, 0.25) is 0 Å². The van der Waals surface area contributed by atoms with Crippen LogP contribution in [0.4, 0.5) is 5.69 Å². The van der Waals surface area contributed by atoms with Gasteiger partial charge in [-0.05, 0) is 63.0 Å². The van der Waals surface area contributed by atoms with Crippen LogP contribution in [-0.4, -0.2) is 37.0 Å². The minimum Gasteiger partial charge on any atom is -0.399 e. The Labute approximate surface area is 127 Å². The van der Waals surface area contributed by atoms with E-state index in [0.29, 0.717) is 6.42 Å². The molecule has 1 aromatic rings. The van der Waals surface area contributed by atoms with E-state index in [4.69, 9.17) is 5.73 Å². The summed E-state index contributed by atoms with van der Waals surface area (Å²) in [5, 5.41) is 3.01. The lowest BCUT2D eigenvalue weighted by molar-refractivity contribution is -0.121. The van der Waals surface area contributed by atoms with Gasteiger partial charge in [0.1, 0.15) is 0 Å². The second-order valence-corrected chi connectivity index (χ2v) is 5.85. The smallest absolute Gasteiger partial charge is 0.220 e. The Bertz CT molecular complexity index is 441. The molecule has 1 aliphatic rings. The van der Waals surface area contributed by atoms with E-state index >= 15 is 0 Å². The zero-order chi connectivity index (χ0) is 14.9. The lowest BCUT2D eigenvalue weighted by atomic mass is 10.1. The van der Waals surface area contributed by atoms with Gasteiger partial charge >= 0.3 is 0 Å². The van der Waals surface area contributed by atoms with Crippen LogP contribution in [0.3, 0.4) is 0 Å². The van der Waals surface area contributed by atoms with Gasteiger partial charge in [-0.3, -0.25) is 4.79 Å². The summed E-state index contributed by atoms with van der Waals surface area (Å²) in [7, 11) is 0. The van der Waals surface area contributed by atoms with E-state index in [-0.39, 0.29) is 5.91 Å². The molecule has 0 saturated carbocycles. The molecule has 4 nitrogen and oxygen atoms in total. The number of aryl methyl sites for hydroxylation is 1. The van der Waals surface area contributed by atoms with Crippen molar-refractivity contribution in [3.63, 3.8) is 0 Å². The molecule has 0 aliphatic carbocycles. The average molecular weight is 289 g/mol. The fourth-order valence-electron chi connectivity index (χ4n) is 2.81. The maximum absolute atomic E-state index is 11.8. The molecule has 1 saturated heterocycles. The number of carbonyl (C=O) groups is 1. The Morgan fingerprint density at radius 2 is 2.05 bits per heavy atom. The summed E-state index contributed by atoms with van der Waals surface area (Å²) in [6.45, 7) is 4.34. The largest absolute Gasteiger partial charge is 0.399 e. The van der Waals surface area contributed by atoms with Crippen LogP contribution in [0.15, 0.2) is 24.3 Å². The molecule has 1 aliphatic heterocycles. The molecule has 3 N–H and O–H groups in total. The number of nitrogen functional groups attached to an aromatic ring is 1. The fourth-order valence-corrected chi connectivity index (χ4v) is 2.81. The number of nitrogens with two attached hydrogens (primary N) is 1. The highest BCUT2D eigenvalue weighted by Gasteiger charge is 2.09. The van der Waals surface area contributed by atoms with E-state index in [1.165, 1.54) is 32.4 Å². The van der Waals surface area contributed by atoms with Crippen molar-refractivity contribution in [1.29, 1.82) is 0 Å². The van der Waals surface area contributed by atoms with Crippen molar-refractivity contribution in [2.75, 3.05) is 31.9 Å². The molecule has 0 aromatic heterocycles. The number of amides is 1. The number of rotatable bonds is 7. The van der Waals surface area contributed by atoms with Crippen molar-refractivity contribution in [1.82, 2.24) is 10.2 Å². The summed E-state index contributed by atoms with van der Waals surface area (Å²) in [5.41, 5.74) is 7.61. The van der Waals surface area contributed by atoms with E-state index in [1.54, 1.807) is 0 Å². The van der Waals surface area contributed by atoms with Gasteiger partial charge in [-0.15, -0.1) is 0 Å². The first kappa shape index (κ1) is 15.8. The predicted octanol–water partition coefficient (Wildman–Crippen LogP) is 2.19. The first-order chi connectivity index (χ1) is 10.2. The zero-order valence-electron chi connectivity index (χ0n) is 12.8. The number of likely N-dealkylation sites (tertiary alicyclic amines) is 1. The van der Waals surface area contributed by atoms with Crippen LogP contribution < -0.4 is 11.1 Å². The molecule has 0 bridgehead atoms. The second-order valence-electron chi connectivity index (χ2n) is 5.85. The van der Waals surface area contributed by atoms with Gasteiger partial charge in [0, 0.05) is 18.7 Å². The molecule has 0 radical (unpaired) electrons. The lowest BCUT2D eigenvalue weighted by Crippen LogP contribution is -2.33. The third-order valence-electron chi connectivity index (χ3n) is 4.01. The van der Waals surface area contributed by atoms with E-state index < -0.39 is 0 Å². The molecule has 0 unspecified atom stereocenters. The minimum absolute atomic E-state index is 0.135. The average Bonchev–Trinajstić information content (AvgIpc) is 2.51. The molecule has 21 heavy (non-hydrogen) atoms. The van der Waals surface area contributed by atoms with Crippen LogP contribution in [0.1, 0.15) is 37.7 Å². The van der Waals surface area contributed by atoms with Crippen LogP contribution in [0.5, 0.6) is 0 Å². The number of anilines is 1. The molecule has 0 spiro atoms. The fraction of sp³-hybridized carbons (Fsp3) is 0.588. The maximum atomic E-state index is 11.8. The van der Waals surface area contributed by atoms with Crippen molar-refractivity contribution in [3.05, 3.63) is 29.8 Å². The van der Waals surface area contributed by atoms with Gasteiger partial charge in [0.2, 0.25) is 5.91 Å². The van der Waals surface area contributed by atoms with Gasteiger partial charge in [-0.1, -0.05) is 18.6 Å². The molecule has 1 aromatic carbocycles. The first-order valence-electron chi connectivity index (χ1n) is 8.07. The maximum Gasteiger partial charge on any atom is 0.220 e. The molecule has 116 valence electrons. The Morgan fingerprint density at radius 1 is 1.24 bits per heavy atom. The van der Waals surface area contributed by atoms with Crippen LogP contribution in [0, 0.1) is 0 Å². The Hall–Kier alpha value is -1.55. The van der Waals surface area contributed by atoms with Crippen LogP contribution in [0.25, 0.3) is 0 Å². The molecular formula is C17H27N3O. The highest BCUT2D eigenvalue weighted by molar-refractivity contribution is 5.76. The highest BCUT2D eigenvalue weighted by atomic mass is 16.1. The normalized spacial score (nSPS) is 15.8. The monoisotopic (exact) mass is 289 g/mol. The lowest BCUT2D eigenvalue weighted by Gasteiger charge is -2.26. The quantitative estimate of drug-likeness (QED) is 0.597. The highest BCUT2D eigenvalue weighted by Crippen LogP contribution is 2.09. The Morgan fingerprint density at radius 3 is 2.81 bits per heavy atom. The topological polar surface area (TPSA) is 58.4 Å². The molecule has 1 fully saturated rings. The predicted molar refractivity (Wildman–Crippen MR) is 87.1 cm³/mol. The van der Waals surface area contributed by atoms with Crippen molar-refractivity contribution >= 4 is 11.6 Å². The third kappa shape index (κ3) is 6.17. The standard InChI is InChI=1S/C17H27N3O/c18-16-7-4-6-15(14-16)8-9-17(21)19-10-5-13-20-11-2-1-3-12-20/h4,6-7,14H,1-3,5,8-13,18H2,(H,19,21). The van der Waals surface area contributed by atoms with Crippen molar-refractivity contribution in [2.24, 2.45) is 0 Å². The molecule has 1 amide bonds. The van der Waals surface area contributed by atoms with Gasteiger partial charge in [-0.2, -0.15) is 0 Å². The van der Waals surface area contributed by atoms with E-state index in [1.807, 2.05) is 24.3 Å². The summed E-state index contributed by atoms with van der Waals surface area (Å²) >= 11 is 0. The van der Waals surface area contributed by atoms with Crippen LogP contribution in [-0.2, 0) is 11.2 Å². The number of nitrogens with zero attached hydrogens (tertiary/aromatic N) is 1. The number of hydrogen-bond acceptors (Lipinski definition) is 3. The van der Waals surface area contributed by atoms with Gasteiger partial charge in [0.15, 0.2) is 0 Å². The molecule has 2 rings (SSSR count). The van der Waals surface area contributed by atoms with Gasteiger partial charge < -0.3 is 16.0 Å². The summed E-state index contributed by atoms with van der Waals surface area (Å²) in [4.78, 5) is 14.3. The SMILES string of the molecule is Nc1cccc(CCC(=O)NCCCN2CCCCC2)c1. The number of carbonyl (C=O) groups excluding carboxylic acids is 1. The number of nitrogens with one attached hydrogen (secondary N) is 1. The summed E-state index contributed by atoms with van der Waals surface area (Å²) in [6.07, 6.45) is 6.36. The van der Waals surface area contributed by atoms with Crippen molar-refractivity contribution < 1.29 is 4.79 Å². The third-order valence-corrected chi connectivity index (χ3v) is 4.01. The Kier molecular flexibility index (Phi) is 6.54. The number of piperidine rings is 1. The number of benzene rings is 1. The van der Waals surface area contributed by atoms with E-state index in [9.17, 15) is 4.79 Å². The summed E-state index contributed by atoms with van der Waals surface area (Å²) in [5.74, 6) is 0.135. The second kappa shape index (κ2) is 8.67. The first-order valence-corrected chi connectivity index (χ1v) is 8.07. The minimum atomic E-state index is 0.135. The number of hydrogen-bond donors (Lipinski definition) is 2. The van der Waals surface area contributed by atoms with E-state index in [0.717, 1.165) is 37.2 Å². The van der Waals surface area contributed by atoms with Gasteiger partial charge in [-0.25, -0.2) is 0 Å². The van der Waals surface area contributed by atoms with Crippen molar-refractivity contribution in [3.8, 4) is 0 Å². The van der Waals surface area contributed by atoms with E-state index in [2.05, 4.69) is 10.2 Å². The van der Waals surface area contributed by atoms with Gasteiger partial charge in [0.25, 0.3) is 0 Å². The summed E-state index contributed by atoms with van der Waals surface area (Å²) in [6, 6.07) is 7.75. The summed E-state index contributed by atoms with van der Waals surface area (Å²) < 4.78 is 0. The van der Waals surface area contributed by atoms with Gasteiger partial charge in [0.05, 0.1) is 0 Å².